The topological polar surface area (TPSA) is 41.4 Å². The summed E-state index contributed by atoms with van der Waals surface area (Å²) in [5.41, 5.74) is 6.25. The van der Waals surface area contributed by atoms with Crippen LogP contribution in [0.2, 0.25) is 0 Å². The Kier molecular flexibility index (Phi) is 5.69. The van der Waals surface area contributed by atoms with Gasteiger partial charge in [-0.1, -0.05) is 24.3 Å². The molecule has 0 amide bonds. The first-order valence-corrected chi connectivity index (χ1v) is 11.7. The molecule has 2 aromatic heterocycles. The van der Waals surface area contributed by atoms with Gasteiger partial charge in [-0.15, -0.1) is 11.3 Å². The van der Waals surface area contributed by atoms with Crippen LogP contribution in [0.25, 0.3) is 27.0 Å². The Morgan fingerprint density at radius 1 is 1.00 bits per heavy atom. The van der Waals surface area contributed by atoms with E-state index in [0.717, 1.165) is 39.3 Å². The Labute approximate surface area is 199 Å². The van der Waals surface area contributed by atoms with Crippen LogP contribution in [0.3, 0.4) is 0 Å². The average Bonchev–Trinajstić information content (AvgIpc) is 3.31. The lowest BCUT2D eigenvalue weighted by molar-refractivity contribution is -0.137. The van der Waals surface area contributed by atoms with E-state index in [4.69, 9.17) is 0 Å². The fourth-order valence-corrected chi connectivity index (χ4v) is 5.00. The zero-order valence-electron chi connectivity index (χ0n) is 18.5. The zero-order chi connectivity index (χ0) is 23.9. The molecule has 8 heteroatoms. The van der Waals surface area contributed by atoms with Gasteiger partial charge in [0.05, 0.1) is 27.3 Å². The number of halogens is 3. The molecular weight excluding hydrogens is 457 g/mol. The number of fused-ring (bicyclic) bond motifs is 1. The molecule has 4 nitrogen and oxygen atoms in total. The van der Waals surface area contributed by atoms with Crippen molar-refractivity contribution in [3.8, 4) is 11.1 Å². The largest absolute Gasteiger partial charge is 0.417 e. The van der Waals surface area contributed by atoms with Crippen LogP contribution in [-0.2, 0) is 6.18 Å². The fourth-order valence-electron chi connectivity index (χ4n) is 4.28. The number of hydrogen-bond donors (Lipinski definition) is 0. The van der Waals surface area contributed by atoms with Crippen LogP contribution in [0.15, 0.2) is 77.5 Å². The molecule has 0 fully saturated rings. The van der Waals surface area contributed by atoms with Crippen molar-refractivity contribution < 1.29 is 13.2 Å². The summed E-state index contributed by atoms with van der Waals surface area (Å²) in [5.74, 6) is 0. The number of nitrogens with zero attached hydrogens (tertiary/aromatic N) is 4. The minimum atomic E-state index is -4.44. The summed E-state index contributed by atoms with van der Waals surface area (Å²) in [6.07, 6.45) is 1.59. The summed E-state index contributed by atoms with van der Waals surface area (Å²) >= 11 is 1.60. The molecule has 0 N–H and O–H groups in total. The molecule has 0 aliphatic carbocycles. The van der Waals surface area contributed by atoms with Crippen LogP contribution in [0.4, 0.5) is 13.2 Å². The van der Waals surface area contributed by atoms with Crippen molar-refractivity contribution in [3.05, 3.63) is 89.2 Å². The third-order valence-corrected chi connectivity index (χ3v) is 6.82. The summed E-state index contributed by atoms with van der Waals surface area (Å²) in [6.45, 7) is 4.12. The molecule has 0 saturated carbocycles. The van der Waals surface area contributed by atoms with E-state index < -0.39 is 11.7 Å². The van der Waals surface area contributed by atoms with Crippen LogP contribution >= 0.6 is 11.3 Å². The van der Waals surface area contributed by atoms with Gasteiger partial charge in [-0.25, -0.2) is 4.98 Å². The van der Waals surface area contributed by atoms with Gasteiger partial charge in [0.2, 0.25) is 0 Å². The Hall–Kier alpha value is -3.52. The highest BCUT2D eigenvalue weighted by Gasteiger charge is 2.31. The van der Waals surface area contributed by atoms with Crippen molar-refractivity contribution in [3.63, 3.8) is 0 Å². The summed E-state index contributed by atoms with van der Waals surface area (Å²) in [5, 5.41) is 0. The predicted octanol–water partition coefficient (Wildman–Crippen LogP) is 7.21. The smallest absolute Gasteiger partial charge is 0.343 e. The summed E-state index contributed by atoms with van der Waals surface area (Å²) in [7, 11) is 0. The maximum absolute atomic E-state index is 13.2. The zero-order valence-corrected chi connectivity index (χ0v) is 19.3. The van der Waals surface area contributed by atoms with Crippen molar-refractivity contribution in [1.29, 1.82) is 0 Å². The van der Waals surface area contributed by atoms with Crippen LogP contribution < -0.4 is 0 Å². The van der Waals surface area contributed by atoms with E-state index in [1.165, 1.54) is 6.20 Å². The highest BCUT2D eigenvalue weighted by molar-refractivity contribution is 7.16. The van der Waals surface area contributed by atoms with E-state index in [1.54, 1.807) is 17.4 Å². The predicted molar refractivity (Wildman–Crippen MR) is 130 cm³/mol. The van der Waals surface area contributed by atoms with E-state index in [-0.39, 0.29) is 12.2 Å². The summed E-state index contributed by atoms with van der Waals surface area (Å²) < 4.78 is 40.7. The standard InChI is InChI=1S/C26H21F3N4S/c1-16(18-4-3-5-19(10-18)21-11-22(14-30-13-21)26(27,28)29)33-17(2)31-9-8-24(33)20-6-7-23-25(12-20)34-15-32-23/h3-17H,1-2H3. The quantitative estimate of drug-likeness (QED) is 0.311. The van der Waals surface area contributed by atoms with Crippen molar-refractivity contribution in [2.75, 3.05) is 0 Å². The minimum absolute atomic E-state index is 0.0745. The lowest BCUT2D eigenvalue weighted by Crippen LogP contribution is -2.34. The molecule has 0 radical (unpaired) electrons. The molecule has 0 spiro atoms. The van der Waals surface area contributed by atoms with Gasteiger partial charge >= 0.3 is 6.18 Å². The molecule has 1 aliphatic rings. The number of pyridine rings is 1. The molecule has 34 heavy (non-hydrogen) atoms. The molecule has 4 aromatic rings. The number of allylic oxidation sites excluding steroid dienone is 1. The number of aliphatic imine (C=N–C) groups is 1. The van der Waals surface area contributed by atoms with Crippen LogP contribution in [-0.4, -0.2) is 27.2 Å². The van der Waals surface area contributed by atoms with Gasteiger partial charge in [0.25, 0.3) is 0 Å². The van der Waals surface area contributed by atoms with Gasteiger partial charge in [0, 0.05) is 29.9 Å². The lowest BCUT2D eigenvalue weighted by Gasteiger charge is -2.38. The molecule has 5 rings (SSSR count). The monoisotopic (exact) mass is 478 g/mol. The first-order chi connectivity index (χ1) is 16.3. The molecule has 2 unspecified atom stereocenters. The Morgan fingerprint density at radius 2 is 1.85 bits per heavy atom. The maximum atomic E-state index is 13.2. The molecule has 1 aliphatic heterocycles. The first-order valence-electron chi connectivity index (χ1n) is 10.8. The van der Waals surface area contributed by atoms with Gasteiger partial charge in [-0.05, 0) is 60.9 Å². The van der Waals surface area contributed by atoms with Crippen molar-refractivity contribution in [2.24, 2.45) is 4.99 Å². The average molecular weight is 479 g/mol. The Balaban J connectivity index is 1.50. The molecule has 172 valence electrons. The molecule has 0 saturated heterocycles. The van der Waals surface area contributed by atoms with Crippen LogP contribution in [0.1, 0.15) is 36.6 Å². The third kappa shape index (κ3) is 4.21. The number of hydrogen-bond acceptors (Lipinski definition) is 5. The molecule has 2 aromatic carbocycles. The van der Waals surface area contributed by atoms with Crippen LogP contribution in [0.5, 0.6) is 0 Å². The highest BCUT2D eigenvalue weighted by Crippen LogP contribution is 2.37. The summed E-state index contributed by atoms with van der Waals surface area (Å²) in [6, 6.07) is 14.9. The molecule has 2 atom stereocenters. The number of benzene rings is 2. The fraction of sp³-hybridized carbons (Fsp3) is 0.192. The van der Waals surface area contributed by atoms with Crippen molar-refractivity contribution in [2.45, 2.75) is 32.2 Å². The first kappa shape index (κ1) is 22.3. The number of rotatable bonds is 4. The lowest BCUT2D eigenvalue weighted by atomic mass is 9.97. The molecule has 3 heterocycles. The van der Waals surface area contributed by atoms with Gasteiger partial charge in [-0.2, -0.15) is 13.2 Å². The second-order valence-electron chi connectivity index (χ2n) is 8.19. The number of thiazole rings is 1. The second-order valence-corrected chi connectivity index (χ2v) is 9.07. The van der Waals surface area contributed by atoms with E-state index >= 15 is 0 Å². The van der Waals surface area contributed by atoms with Gasteiger partial charge in [0.15, 0.2) is 0 Å². The van der Waals surface area contributed by atoms with Crippen molar-refractivity contribution >= 4 is 33.5 Å². The van der Waals surface area contributed by atoms with Gasteiger partial charge < -0.3 is 4.90 Å². The maximum Gasteiger partial charge on any atom is 0.417 e. The number of aromatic nitrogens is 2. The normalized spacial score (nSPS) is 17.1. The highest BCUT2D eigenvalue weighted by atomic mass is 32.1. The third-order valence-electron chi connectivity index (χ3n) is 6.03. The second kappa shape index (κ2) is 8.68. The minimum Gasteiger partial charge on any atom is -0.343 e. The summed E-state index contributed by atoms with van der Waals surface area (Å²) in [4.78, 5) is 15.0. The molecule has 0 bridgehead atoms. The SMILES string of the molecule is CC1N=CC=C(c2ccc3ncsc3c2)N1C(C)c1cccc(-c2cncc(C(F)(F)F)c2)c1. The Morgan fingerprint density at radius 3 is 2.68 bits per heavy atom. The molecular formula is C26H21F3N4S. The van der Waals surface area contributed by atoms with Crippen molar-refractivity contribution in [1.82, 2.24) is 14.9 Å². The Bertz CT molecular complexity index is 1410. The van der Waals surface area contributed by atoms with E-state index in [0.29, 0.717) is 11.1 Å². The number of alkyl halides is 3. The van der Waals surface area contributed by atoms with Gasteiger partial charge in [-0.3, -0.25) is 9.98 Å². The van der Waals surface area contributed by atoms with E-state index in [9.17, 15) is 13.2 Å². The van der Waals surface area contributed by atoms with Gasteiger partial charge in [0.1, 0.15) is 6.17 Å². The van der Waals surface area contributed by atoms with E-state index in [2.05, 4.69) is 38.9 Å². The van der Waals surface area contributed by atoms with Crippen LogP contribution in [0, 0.1) is 0 Å². The van der Waals surface area contributed by atoms with E-state index in [1.807, 2.05) is 49.0 Å².